The van der Waals surface area contributed by atoms with E-state index in [0.717, 1.165) is 25.1 Å². The molecule has 2 aromatic rings. The standard InChI is InChI=1S/C16H17N5O3/c22-16(19-10-12-3-5-17-6-4-12)13-1-2-14(15(9-13)21(23)24)20-8-7-18-11-20/h1-3,7-9,11,17H,4-6,10H2,(H,19,22). The lowest BCUT2D eigenvalue weighted by Gasteiger charge is -2.14. The maximum atomic E-state index is 12.3. The van der Waals surface area contributed by atoms with Gasteiger partial charge in [0.1, 0.15) is 5.69 Å². The molecule has 24 heavy (non-hydrogen) atoms. The predicted molar refractivity (Wildman–Crippen MR) is 88.1 cm³/mol. The molecule has 0 aliphatic carbocycles. The van der Waals surface area contributed by atoms with Crippen LogP contribution in [0.25, 0.3) is 5.69 Å². The number of rotatable bonds is 5. The van der Waals surface area contributed by atoms with Crippen LogP contribution < -0.4 is 10.6 Å². The van der Waals surface area contributed by atoms with Crippen molar-refractivity contribution in [3.8, 4) is 5.69 Å². The van der Waals surface area contributed by atoms with Gasteiger partial charge in [-0.05, 0) is 25.1 Å². The smallest absolute Gasteiger partial charge is 0.294 e. The lowest BCUT2D eigenvalue weighted by molar-refractivity contribution is -0.384. The Hall–Kier alpha value is -3.00. The number of carbonyl (C=O) groups excluding carboxylic acids is 1. The van der Waals surface area contributed by atoms with Crippen LogP contribution in [0.15, 0.2) is 48.6 Å². The molecule has 0 bridgehead atoms. The molecule has 1 amide bonds. The molecule has 1 aromatic heterocycles. The van der Waals surface area contributed by atoms with Gasteiger partial charge in [0.05, 0.1) is 11.3 Å². The SMILES string of the molecule is O=C(NCC1=CCNCC1)c1ccc(-n2ccnc2)c([N+](=O)[O-])c1. The minimum atomic E-state index is -0.499. The van der Waals surface area contributed by atoms with Gasteiger partial charge < -0.3 is 15.2 Å². The molecule has 2 heterocycles. The number of nitrogens with zero attached hydrogens (tertiary/aromatic N) is 3. The largest absolute Gasteiger partial charge is 0.348 e. The Morgan fingerprint density at radius 1 is 1.46 bits per heavy atom. The van der Waals surface area contributed by atoms with Crippen molar-refractivity contribution >= 4 is 11.6 Å². The van der Waals surface area contributed by atoms with Crippen molar-refractivity contribution in [3.63, 3.8) is 0 Å². The van der Waals surface area contributed by atoms with Gasteiger partial charge in [-0.25, -0.2) is 4.98 Å². The van der Waals surface area contributed by atoms with Gasteiger partial charge >= 0.3 is 0 Å². The van der Waals surface area contributed by atoms with Crippen LogP contribution in [-0.4, -0.2) is 40.0 Å². The zero-order valence-electron chi connectivity index (χ0n) is 12.9. The summed E-state index contributed by atoms with van der Waals surface area (Å²) in [6.45, 7) is 2.15. The van der Waals surface area contributed by atoms with E-state index in [-0.39, 0.29) is 17.2 Å². The maximum Gasteiger partial charge on any atom is 0.294 e. The summed E-state index contributed by atoms with van der Waals surface area (Å²) in [5.74, 6) is -0.324. The van der Waals surface area contributed by atoms with Gasteiger partial charge in [0.15, 0.2) is 0 Å². The molecule has 0 spiro atoms. The first-order valence-corrected chi connectivity index (χ1v) is 7.59. The normalized spacial score (nSPS) is 14.1. The van der Waals surface area contributed by atoms with E-state index in [0.29, 0.717) is 12.2 Å². The molecule has 0 fully saturated rings. The topological polar surface area (TPSA) is 102 Å². The number of nitrogens with one attached hydrogen (secondary N) is 2. The first kappa shape index (κ1) is 15.9. The zero-order valence-corrected chi connectivity index (χ0v) is 12.9. The third-order valence-corrected chi connectivity index (χ3v) is 3.85. The minimum absolute atomic E-state index is 0.137. The van der Waals surface area contributed by atoms with Gasteiger partial charge in [-0.1, -0.05) is 11.6 Å². The van der Waals surface area contributed by atoms with Crippen LogP contribution in [0.2, 0.25) is 0 Å². The molecule has 0 unspecified atom stereocenters. The molecule has 1 aromatic carbocycles. The Kier molecular flexibility index (Phi) is 4.66. The molecule has 8 heteroatoms. The van der Waals surface area contributed by atoms with E-state index in [1.54, 1.807) is 22.9 Å². The molecule has 1 aliphatic rings. The van der Waals surface area contributed by atoms with Crippen LogP contribution in [-0.2, 0) is 0 Å². The van der Waals surface area contributed by atoms with Crippen molar-refractivity contribution in [2.24, 2.45) is 0 Å². The van der Waals surface area contributed by atoms with E-state index >= 15 is 0 Å². The third-order valence-electron chi connectivity index (χ3n) is 3.85. The van der Waals surface area contributed by atoms with E-state index in [9.17, 15) is 14.9 Å². The van der Waals surface area contributed by atoms with Gasteiger partial charge in [0, 0.05) is 37.1 Å². The van der Waals surface area contributed by atoms with Crippen molar-refractivity contribution in [2.75, 3.05) is 19.6 Å². The Morgan fingerprint density at radius 3 is 3.00 bits per heavy atom. The molecular formula is C16H17N5O3. The van der Waals surface area contributed by atoms with Crippen molar-refractivity contribution in [2.45, 2.75) is 6.42 Å². The number of imidazole rings is 1. The van der Waals surface area contributed by atoms with E-state index in [2.05, 4.69) is 15.6 Å². The average molecular weight is 327 g/mol. The number of carbonyl (C=O) groups is 1. The van der Waals surface area contributed by atoms with Gasteiger partial charge in [0.25, 0.3) is 11.6 Å². The fraction of sp³-hybridized carbons (Fsp3) is 0.250. The van der Waals surface area contributed by atoms with E-state index in [1.807, 2.05) is 6.08 Å². The highest BCUT2D eigenvalue weighted by atomic mass is 16.6. The Morgan fingerprint density at radius 2 is 2.33 bits per heavy atom. The number of nitro groups is 1. The lowest BCUT2D eigenvalue weighted by Crippen LogP contribution is -2.29. The average Bonchev–Trinajstić information content (AvgIpc) is 3.14. The number of hydrogen-bond donors (Lipinski definition) is 2. The van der Waals surface area contributed by atoms with Crippen LogP contribution in [0.4, 0.5) is 5.69 Å². The second-order valence-electron chi connectivity index (χ2n) is 5.43. The van der Waals surface area contributed by atoms with E-state index < -0.39 is 4.92 Å². The number of hydrogen-bond acceptors (Lipinski definition) is 5. The lowest BCUT2D eigenvalue weighted by atomic mass is 10.1. The fourth-order valence-corrected chi connectivity index (χ4v) is 2.56. The fourth-order valence-electron chi connectivity index (χ4n) is 2.56. The third kappa shape index (κ3) is 3.49. The van der Waals surface area contributed by atoms with Crippen molar-refractivity contribution < 1.29 is 9.72 Å². The van der Waals surface area contributed by atoms with Crippen molar-refractivity contribution in [1.29, 1.82) is 0 Å². The monoisotopic (exact) mass is 327 g/mol. The summed E-state index contributed by atoms with van der Waals surface area (Å²) in [5.41, 5.74) is 1.66. The number of benzene rings is 1. The summed E-state index contributed by atoms with van der Waals surface area (Å²) in [6.07, 6.45) is 7.57. The van der Waals surface area contributed by atoms with Crippen LogP contribution in [0.1, 0.15) is 16.8 Å². The first-order chi connectivity index (χ1) is 11.6. The molecule has 0 radical (unpaired) electrons. The maximum absolute atomic E-state index is 12.3. The predicted octanol–water partition coefficient (Wildman–Crippen LogP) is 1.43. The molecule has 3 rings (SSSR count). The van der Waals surface area contributed by atoms with E-state index in [1.165, 1.54) is 18.6 Å². The Labute approximate surface area is 138 Å². The summed E-state index contributed by atoms with van der Waals surface area (Å²) < 4.78 is 1.54. The Balaban J connectivity index is 1.78. The van der Waals surface area contributed by atoms with Gasteiger partial charge in [-0.2, -0.15) is 0 Å². The van der Waals surface area contributed by atoms with Crippen molar-refractivity contribution in [3.05, 3.63) is 64.2 Å². The van der Waals surface area contributed by atoms with Crippen LogP contribution in [0.5, 0.6) is 0 Å². The molecular weight excluding hydrogens is 310 g/mol. The molecule has 124 valence electrons. The molecule has 2 N–H and O–H groups in total. The van der Waals surface area contributed by atoms with Gasteiger partial charge in [-0.15, -0.1) is 0 Å². The first-order valence-electron chi connectivity index (χ1n) is 7.59. The molecule has 1 aliphatic heterocycles. The zero-order chi connectivity index (χ0) is 16.9. The molecule has 0 atom stereocenters. The van der Waals surface area contributed by atoms with Gasteiger partial charge in [0.2, 0.25) is 0 Å². The minimum Gasteiger partial charge on any atom is -0.348 e. The quantitative estimate of drug-likeness (QED) is 0.491. The number of aromatic nitrogens is 2. The summed E-state index contributed by atoms with van der Waals surface area (Å²) in [4.78, 5) is 27.0. The highest BCUT2D eigenvalue weighted by molar-refractivity contribution is 5.95. The van der Waals surface area contributed by atoms with Crippen molar-refractivity contribution in [1.82, 2.24) is 20.2 Å². The highest BCUT2D eigenvalue weighted by Crippen LogP contribution is 2.24. The second-order valence-corrected chi connectivity index (χ2v) is 5.43. The van der Waals surface area contributed by atoms with Gasteiger partial charge in [-0.3, -0.25) is 14.9 Å². The van der Waals surface area contributed by atoms with E-state index in [4.69, 9.17) is 0 Å². The van der Waals surface area contributed by atoms with Crippen LogP contribution in [0.3, 0.4) is 0 Å². The summed E-state index contributed by atoms with van der Waals surface area (Å²) in [6, 6.07) is 4.43. The summed E-state index contributed by atoms with van der Waals surface area (Å²) in [5, 5.41) is 17.3. The summed E-state index contributed by atoms with van der Waals surface area (Å²) in [7, 11) is 0. The second kappa shape index (κ2) is 7.05. The molecule has 0 saturated carbocycles. The molecule has 0 saturated heterocycles. The van der Waals surface area contributed by atoms with Crippen LogP contribution in [0, 0.1) is 10.1 Å². The summed E-state index contributed by atoms with van der Waals surface area (Å²) >= 11 is 0. The molecule has 8 nitrogen and oxygen atoms in total. The number of amides is 1. The Bertz CT molecular complexity index is 783. The highest BCUT2D eigenvalue weighted by Gasteiger charge is 2.18. The number of nitro benzene ring substituents is 1. The van der Waals surface area contributed by atoms with Crippen LogP contribution >= 0.6 is 0 Å².